The summed E-state index contributed by atoms with van der Waals surface area (Å²) in [5.41, 5.74) is -0.322. The van der Waals surface area contributed by atoms with Gasteiger partial charge in [0.05, 0.1) is 24.7 Å². The molecule has 3 rings (SSSR count). The van der Waals surface area contributed by atoms with Gasteiger partial charge in [0, 0.05) is 24.0 Å². The third-order valence-corrected chi connectivity index (χ3v) is 7.42. The van der Waals surface area contributed by atoms with Crippen molar-refractivity contribution in [3.8, 4) is 0 Å². The van der Waals surface area contributed by atoms with Crippen LogP contribution in [0.25, 0.3) is 0 Å². The van der Waals surface area contributed by atoms with Crippen LogP contribution >= 0.6 is 11.3 Å². The van der Waals surface area contributed by atoms with Crippen molar-refractivity contribution in [2.75, 3.05) is 26.3 Å². The van der Waals surface area contributed by atoms with E-state index in [1.165, 1.54) is 28.6 Å². The van der Waals surface area contributed by atoms with E-state index in [4.69, 9.17) is 4.74 Å². The fraction of sp³-hybridized carbons (Fsp3) is 0.312. The largest absolute Gasteiger partial charge is 0.379 e. The normalized spacial score (nSPS) is 15.4. The molecule has 1 amide bonds. The molecule has 27 heavy (non-hydrogen) atoms. The number of benzene rings is 1. The number of nitro groups is 1. The molecule has 0 bridgehead atoms. The average Bonchev–Trinajstić information content (AvgIpc) is 3.16. The summed E-state index contributed by atoms with van der Waals surface area (Å²) in [5.74, 6) is -0.590. The highest BCUT2D eigenvalue weighted by Crippen LogP contribution is 2.26. The Bertz CT molecular complexity index is 951. The Hall–Kier alpha value is -2.34. The SMILES string of the molecule is O=C(NCc1ccc(S(=O)(=O)N2CCOCC2)s1)c1ccccc1[N+](=O)[O-]. The summed E-state index contributed by atoms with van der Waals surface area (Å²) in [6, 6.07) is 8.78. The lowest BCUT2D eigenvalue weighted by Crippen LogP contribution is -2.40. The van der Waals surface area contributed by atoms with E-state index in [-0.39, 0.29) is 22.0 Å². The quantitative estimate of drug-likeness (QED) is 0.570. The van der Waals surface area contributed by atoms with Gasteiger partial charge in [-0.05, 0) is 18.2 Å². The fourth-order valence-corrected chi connectivity index (χ4v) is 5.45. The highest BCUT2D eigenvalue weighted by Gasteiger charge is 2.28. The van der Waals surface area contributed by atoms with E-state index in [0.717, 1.165) is 11.3 Å². The van der Waals surface area contributed by atoms with Crippen LogP contribution in [0.15, 0.2) is 40.6 Å². The third kappa shape index (κ3) is 4.33. The molecule has 1 aromatic carbocycles. The number of nitrogens with one attached hydrogen (secondary N) is 1. The molecule has 9 nitrogen and oxygen atoms in total. The monoisotopic (exact) mass is 411 g/mol. The van der Waals surface area contributed by atoms with Gasteiger partial charge in [-0.1, -0.05) is 12.1 Å². The number of ether oxygens (including phenoxy) is 1. The average molecular weight is 411 g/mol. The first-order chi connectivity index (χ1) is 12.9. The van der Waals surface area contributed by atoms with Crippen molar-refractivity contribution in [2.45, 2.75) is 10.8 Å². The van der Waals surface area contributed by atoms with Crippen LogP contribution in [-0.4, -0.2) is 49.9 Å². The van der Waals surface area contributed by atoms with Crippen LogP contribution < -0.4 is 5.32 Å². The Morgan fingerprint density at radius 2 is 1.93 bits per heavy atom. The summed E-state index contributed by atoms with van der Waals surface area (Å²) in [6.07, 6.45) is 0. The van der Waals surface area contributed by atoms with Gasteiger partial charge >= 0.3 is 0 Å². The smallest absolute Gasteiger partial charge is 0.282 e. The molecule has 11 heteroatoms. The molecule has 0 atom stereocenters. The molecule has 1 saturated heterocycles. The van der Waals surface area contributed by atoms with Gasteiger partial charge in [0.25, 0.3) is 21.6 Å². The molecule has 0 aliphatic carbocycles. The molecule has 1 N–H and O–H groups in total. The molecule has 0 radical (unpaired) electrons. The lowest BCUT2D eigenvalue weighted by molar-refractivity contribution is -0.385. The minimum Gasteiger partial charge on any atom is -0.379 e. The number of carbonyl (C=O) groups is 1. The standard InChI is InChI=1S/C16H17N3O6S2/c20-16(13-3-1-2-4-14(13)19(21)22)17-11-12-5-6-15(26-12)27(23,24)18-7-9-25-10-8-18/h1-6H,7-11H2,(H,17,20). The lowest BCUT2D eigenvalue weighted by Gasteiger charge is -2.25. The molecular formula is C16H17N3O6S2. The van der Waals surface area contributed by atoms with Crippen LogP contribution in [0, 0.1) is 10.1 Å². The van der Waals surface area contributed by atoms with E-state index in [1.807, 2.05) is 0 Å². The number of hydrogen-bond acceptors (Lipinski definition) is 7. The maximum atomic E-state index is 12.6. The van der Waals surface area contributed by atoms with Crippen molar-refractivity contribution in [3.05, 3.63) is 57.0 Å². The number of sulfonamides is 1. The first-order valence-electron chi connectivity index (χ1n) is 8.08. The highest BCUT2D eigenvalue weighted by atomic mass is 32.2. The molecule has 2 heterocycles. The van der Waals surface area contributed by atoms with Crippen molar-refractivity contribution >= 4 is 33.0 Å². The van der Waals surface area contributed by atoms with E-state index in [2.05, 4.69) is 5.32 Å². The zero-order valence-corrected chi connectivity index (χ0v) is 15.8. The summed E-state index contributed by atoms with van der Waals surface area (Å²) in [6.45, 7) is 1.43. The van der Waals surface area contributed by atoms with Crippen LogP contribution in [0.2, 0.25) is 0 Å². The van der Waals surface area contributed by atoms with Gasteiger partial charge < -0.3 is 10.1 Å². The number of hydrogen-bond donors (Lipinski definition) is 1. The number of para-hydroxylation sites is 1. The summed E-state index contributed by atoms with van der Waals surface area (Å²) in [7, 11) is -3.58. The second-order valence-electron chi connectivity index (χ2n) is 5.69. The topological polar surface area (TPSA) is 119 Å². The molecule has 1 aliphatic heterocycles. The Morgan fingerprint density at radius 3 is 2.63 bits per heavy atom. The molecule has 1 fully saturated rings. The van der Waals surface area contributed by atoms with Crippen LogP contribution in [-0.2, 0) is 21.3 Å². The minimum atomic E-state index is -3.58. The first kappa shape index (κ1) is 19.4. The fourth-order valence-electron chi connectivity index (χ4n) is 2.59. The minimum absolute atomic E-state index is 0.0415. The maximum absolute atomic E-state index is 12.6. The second kappa shape index (κ2) is 8.13. The highest BCUT2D eigenvalue weighted by molar-refractivity contribution is 7.91. The molecular weight excluding hydrogens is 394 g/mol. The summed E-state index contributed by atoms with van der Waals surface area (Å²) in [5, 5.41) is 13.6. The van der Waals surface area contributed by atoms with Crippen molar-refractivity contribution in [1.82, 2.24) is 9.62 Å². The van der Waals surface area contributed by atoms with Gasteiger partial charge in [-0.3, -0.25) is 14.9 Å². The van der Waals surface area contributed by atoms with Crippen LogP contribution in [0.4, 0.5) is 5.69 Å². The molecule has 1 aromatic heterocycles. The van der Waals surface area contributed by atoms with E-state index in [1.54, 1.807) is 12.1 Å². The first-order valence-corrected chi connectivity index (χ1v) is 10.3. The number of nitrogens with zero attached hydrogens (tertiary/aromatic N) is 2. The van der Waals surface area contributed by atoms with Gasteiger partial charge in [-0.15, -0.1) is 11.3 Å². The number of thiophene rings is 1. The van der Waals surface area contributed by atoms with Gasteiger partial charge in [0.2, 0.25) is 0 Å². The molecule has 1 aliphatic rings. The zero-order valence-electron chi connectivity index (χ0n) is 14.2. The van der Waals surface area contributed by atoms with Crippen molar-refractivity contribution in [1.29, 1.82) is 0 Å². The molecule has 144 valence electrons. The molecule has 2 aromatic rings. The van der Waals surface area contributed by atoms with Gasteiger partial charge in [-0.25, -0.2) is 8.42 Å². The Labute approximate surface area is 159 Å². The van der Waals surface area contributed by atoms with E-state index in [0.29, 0.717) is 31.2 Å². The molecule has 0 unspecified atom stereocenters. The predicted octanol–water partition coefficient (Wildman–Crippen LogP) is 1.61. The third-order valence-electron chi connectivity index (χ3n) is 3.97. The summed E-state index contributed by atoms with van der Waals surface area (Å²) < 4.78 is 31.9. The van der Waals surface area contributed by atoms with Crippen molar-refractivity contribution in [3.63, 3.8) is 0 Å². The lowest BCUT2D eigenvalue weighted by atomic mass is 10.1. The Morgan fingerprint density at radius 1 is 1.22 bits per heavy atom. The Balaban J connectivity index is 1.68. The van der Waals surface area contributed by atoms with Crippen molar-refractivity contribution < 1.29 is 22.9 Å². The van der Waals surface area contributed by atoms with Crippen LogP contribution in [0.5, 0.6) is 0 Å². The maximum Gasteiger partial charge on any atom is 0.282 e. The van der Waals surface area contributed by atoms with Crippen molar-refractivity contribution in [2.24, 2.45) is 0 Å². The van der Waals surface area contributed by atoms with E-state index < -0.39 is 20.9 Å². The number of amides is 1. The Kier molecular flexibility index (Phi) is 5.85. The van der Waals surface area contributed by atoms with Gasteiger partial charge in [0.1, 0.15) is 9.77 Å². The van der Waals surface area contributed by atoms with Gasteiger partial charge in [-0.2, -0.15) is 4.31 Å². The zero-order chi connectivity index (χ0) is 19.4. The van der Waals surface area contributed by atoms with E-state index >= 15 is 0 Å². The predicted molar refractivity (Wildman–Crippen MR) is 98.2 cm³/mol. The molecule has 0 spiro atoms. The van der Waals surface area contributed by atoms with Crippen LogP contribution in [0.1, 0.15) is 15.2 Å². The number of morpholine rings is 1. The molecule has 0 saturated carbocycles. The summed E-state index contributed by atoms with van der Waals surface area (Å²) >= 11 is 1.06. The van der Waals surface area contributed by atoms with Gasteiger partial charge in [0.15, 0.2) is 0 Å². The number of rotatable bonds is 6. The second-order valence-corrected chi connectivity index (χ2v) is 9.03. The van der Waals surface area contributed by atoms with Crippen LogP contribution in [0.3, 0.4) is 0 Å². The number of carbonyl (C=O) groups excluding carboxylic acids is 1. The summed E-state index contributed by atoms with van der Waals surface area (Å²) in [4.78, 5) is 23.3. The number of nitro benzene ring substituents is 1. The van der Waals surface area contributed by atoms with E-state index in [9.17, 15) is 23.3 Å².